The molecular weight excluding hydrogens is 354 g/mol. The number of aromatic nitrogens is 4. The molecule has 7 nitrogen and oxygen atoms in total. The molecule has 0 aliphatic rings. The topological polar surface area (TPSA) is 98.8 Å². The summed E-state index contributed by atoms with van der Waals surface area (Å²) in [6.45, 7) is 1.86. The van der Waals surface area contributed by atoms with E-state index in [2.05, 4.69) is 15.1 Å². The molecule has 2 aromatic heterocycles. The monoisotopic (exact) mass is 367 g/mol. The average Bonchev–Trinajstić information content (AvgIpc) is 3.16. The first kappa shape index (κ1) is 16.2. The van der Waals surface area contributed by atoms with E-state index in [0.717, 1.165) is 11.4 Å². The van der Waals surface area contributed by atoms with Crippen molar-refractivity contribution in [1.82, 2.24) is 19.7 Å². The highest BCUT2D eigenvalue weighted by Gasteiger charge is 2.20. The molecule has 0 aliphatic heterocycles. The second-order valence-electron chi connectivity index (χ2n) is 5.66. The van der Waals surface area contributed by atoms with Crippen LogP contribution in [0.2, 0.25) is 5.15 Å². The van der Waals surface area contributed by atoms with Crippen molar-refractivity contribution < 1.29 is 9.53 Å². The van der Waals surface area contributed by atoms with Crippen LogP contribution in [0.3, 0.4) is 0 Å². The number of nitrogens with two attached hydrogens (primary N) is 1. The molecule has 8 heteroatoms. The molecule has 0 unspecified atom stereocenters. The van der Waals surface area contributed by atoms with Crippen LogP contribution in [0.4, 0.5) is 4.79 Å². The maximum Gasteiger partial charge on any atom is 0.410 e. The molecule has 0 atom stereocenters. The van der Waals surface area contributed by atoms with Crippen molar-refractivity contribution >= 4 is 28.7 Å². The van der Waals surface area contributed by atoms with Crippen LogP contribution in [-0.2, 0) is 0 Å². The highest BCUT2D eigenvalue weighted by molar-refractivity contribution is 6.32. The summed E-state index contributed by atoms with van der Waals surface area (Å²) in [5, 5.41) is 4.95. The van der Waals surface area contributed by atoms with Gasteiger partial charge in [-0.25, -0.2) is 14.5 Å². The molecule has 3 N–H and O–H groups in total. The molecule has 26 heavy (non-hydrogen) atoms. The van der Waals surface area contributed by atoms with E-state index >= 15 is 0 Å². The smallest absolute Gasteiger partial charge is 0.408 e. The van der Waals surface area contributed by atoms with Gasteiger partial charge in [0.05, 0.1) is 22.5 Å². The number of primary amides is 1. The number of nitrogens with zero attached hydrogens (tertiary/aromatic N) is 3. The van der Waals surface area contributed by atoms with Crippen molar-refractivity contribution in [2.45, 2.75) is 6.92 Å². The van der Waals surface area contributed by atoms with Crippen molar-refractivity contribution in [2.24, 2.45) is 5.73 Å². The lowest BCUT2D eigenvalue weighted by molar-refractivity contribution is 0.211. The molecule has 2 aromatic carbocycles. The van der Waals surface area contributed by atoms with Crippen LogP contribution in [0.25, 0.3) is 28.1 Å². The largest absolute Gasteiger partial charge is 0.410 e. The van der Waals surface area contributed by atoms with Gasteiger partial charge in [0.1, 0.15) is 16.5 Å². The molecule has 4 aromatic rings. The predicted octanol–water partition coefficient (Wildman–Crippen LogP) is 3.83. The molecular formula is C18H14ClN5O2. The number of carbonyl (C=O) groups is 1. The second-order valence-corrected chi connectivity index (χ2v) is 6.02. The highest BCUT2D eigenvalue weighted by Crippen LogP contribution is 2.34. The van der Waals surface area contributed by atoms with Crippen molar-refractivity contribution in [3.63, 3.8) is 0 Å². The van der Waals surface area contributed by atoms with Crippen molar-refractivity contribution in [3.05, 3.63) is 59.4 Å². The molecule has 2 heterocycles. The second kappa shape index (κ2) is 6.20. The van der Waals surface area contributed by atoms with Gasteiger partial charge >= 0.3 is 6.09 Å². The Balaban J connectivity index is 1.86. The predicted molar refractivity (Wildman–Crippen MR) is 98.6 cm³/mol. The fourth-order valence-electron chi connectivity index (χ4n) is 2.82. The Morgan fingerprint density at radius 1 is 1.19 bits per heavy atom. The molecule has 130 valence electrons. The van der Waals surface area contributed by atoms with Crippen molar-refractivity contribution in [3.8, 4) is 22.8 Å². The van der Waals surface area contributed by atoms with E-state index in [1.807, 2.05) is 43.3 Å². The molecule has 0 saturated carbocycles. The quantitative estimate of drug-likeness (QED) is 0.574. The van der Waals surface area contributed by atoms with Gasteiger partial charge < -0.3 is 15.5 Å². The number of amides is 1. The maximum absolute atomic E-state index is 11.1. The van der Waals surface area contributed by atoms with E-state index in [0.29, 0.717) is 27.6 Å². The zero-order chi connectivity index (χ0) is 18.3. The Labute approximate surface area is 153 Å². The van der Waals surface area contributed by atoms with E-state index in [1.54, 1.807) is 16.8 Å². The summed E-state index contributed by atoms with van der Waals surface area (Å²) in [7, 11) is 0. The number of aromatic amines is 1. The van der Waals surface area contributed by atoms with Crippen LogP contribution in [0, 0.1) is 6.92 Å². The minimum absolute atomic E-state index is 0.279. The third kappa shape index (κ3) is 2.68. The van der Waals surface area contributed by atoms with Crippen LogP contribution in [0.1, 0.15) is 5.69 Å². The number of H-pyrrole nitrogens is 1. The first-order valence-electron chi connectivity index (χ1n) is 7.81. The van der Waals surface area contributed by atoms with Gasteiger partial charge in [0.25, 0.3) is 0 Å². The summed E-state index contributed by atoms with van der Waals surface area (Å²) in [6, 6.07) is 14.8. The number of halogens is 1. The van der Waals surface area contributed by atoms with E-state index in [1.165, 1.54) is 0 Å². The Morgan fingerprint density at radius 2 is 1.96 bits per heavy atom. The van der Waals surface area contributed by atoms with Gasteiger partial charge in [0.15, 0.2) is 5.75 Å². The number of imidazole rings is 1. The number of ether oxygens (including phenoxy) is 1. The van der Waals surface area contributed by atoms with Gasteiger partial charge in [-0.05, 0) is 31.2 Å². The van der Waals surface area contributed by atoms with Crippen molar-refractivity contribution in [1.29, 1.82) is 0 Å². The van der Waals surface area contributed by atoms with Crippen LogP contribution in [0.5, 0.6) is 5.75 Å². The number of hydrogen-bond donors (Lipinski definition) is 2. The van der Waals surface area contributed by atoms with Crippen LogP contribution >= 0.6 is 11.6 Å². The van der Waals surface area contributed by atoms with E-state index < -0.39 is 6.09 Å². The van der Waals surface area contributed by atoms with Crippen molar-refractivity contribution in [2.75, 3.05) is 0 Å². The van der Waals surface area contributed by atoms with E-state index in [-0.39, 0.29) is 5.75 Å². The average molecular weight is 368 g/mol. The lowest BCUT2D eigenvalue weighted by Crippen LogP contribution is -2.16. The summed E-state index contributed by atoms with van der Waals surface area (Å²) in [5.74, 6) is 0.812. The zero-order valence-corrected chi connectivity index (χ0v) is 14.5. The summed E-state index contributed by atoms with van der Waals surface area (Å²) in [4.78, 5) is 18.8. The Morgan fingerprint density at radius 3 is 2.69 bits per heavy atom. The minimum Gasteiger partial charge on any atom is -0.408 e. The number of nitrogens with one attached hydrogen (secondary N) is 1. The molecule has 0 spiro atoms. The third-order valence-corrected chi connectivity index (χ3v) is 4.28. The normalized spacial score (nSPS) is 11.0. The van der Waals surface area contributed by atoms with Gasteiger partial charge in [-0.15, -0.1) is 0 Å². The maximum atomic E-state index is 11.1. The summed E-state index contributed by atoms with van der Waals surface area (Å²) < 4.78 is 6.67. The molecule has 0 radical (unpaired) electrons. The van der Waals surface area contributed by atoms with Crippen LogP contribution in [0.15, 0.2) is 48.5 Å². The number of fused-ring (bicyclic) bond motifs is 1. The highest BCUT2D eigenvalue weighted by atomic mass is 35.5. The summed E-state index contributed by atoms with van der Waals surface area (Å²) in [6.07, 6.45) is -0.895. The number of aryl methyl sites for hydroxylation is 1. The lowest BCUT2D eigenvalue weighted by atomic mass is 10.2. The van der Waals surface area contributed by atoms with Crippen LogP contribution in [-0.4, -0.2) is 25.8 Å². The molecule has 0 saturated heterocycles. The minimum atomic E-state index is -0.895. The fourth-order valence-corrected chi connectivity index (χ4v) is 3.19. The van der Waals surface area contributed by atoms with Gasteiger partial charge in [0.2, 0.25) is 0 Å². The molecule has 4 rings (SSSR count). The molecule has 1 amide bonds. The number of para-hydroxylation sites is 2. The molecule has 0 fully saturated rings. The first-order chi connectivity index (χ1) is 12.5. The Kier molecular flexibility index (Phi) is 3.85. The van der Waals surface area contributed by atoms with Gasteiger partial charge in [-0.2, -0.15) is 5.10 Å². The number of benzene rings is 2. The number of hydrogen-bond acceptors (Lipinski definition) is 4. The SMILES string of the molecule is Cc1nn(-c2ccccc2)c(Cl)c1-c1nc2c(OC(N)=O)cccc2[nH]1. The van der Waals surface area contributed by atoms with Gasteiger partial charge in [-0.1, -0.05) is 35.9 Å². The number of rotatable bonds is 3. The lowest BCUT2D eigenvalue weighted by Gasteiger charge is -2.02. The van der Waals surface area contributed by atoms with E-state index in [4.69, 9.17) is 22.1 Å². The van der Waals surface area contributed by atoms with E-state index in [9.17, 15) is 4.79 Å². The number of carbonyl (C=O) groups excluding carboxylic acids is 1. The standard InChI is InChI=1S/C18H14ClN5O2/c1-10-14(16(19)24(23-10)11-6-3-2-4-7-11)17-21-12-8-5-9-13(15(12)22-17)26-18(20)25/h2-9H,1H3,(H2,20,25)(H,21,22). The summed E-state index contributed by atoms with van der Waals surface area (Å²) >= 11 is 6.59. The van der Waals surface area contributed by atoms with Crippen LogP contribution < -0.4 is 10.5 Å². The van der Waals surface area contributed by atoms with Gasteiger partial charge in [0, 0.05) is 0 Å². The third-order valence-electron chi connectivity index (χ3n) is 3.93. The first-order valence-corrected chi connectivity index (χ1v) is 8.19. The molecule has 0 bridgehead atoms. The zero-order valence-electron chi connectivity index (χ0n) is 13.7. The Hall–Kier alpha value is -3.32. The summed E-state index contributed by atoms with van der Waals surface area (Å²) in [5.41, 5.74) is 8.55. The molecule has 0 aliphatic carbocycles. The fraction of sp³-hybridized carbons (Fsp3) is 0.0556. The van der Waals surface area contributed by atoms with Gasteiger partial charge in [-0.3, -0.25) is 0 Å². The Bertz CT molecular complexity index is 1120.